The molecule has 0 spiro atoms. The Bertz CT molecular complexity index is 1210. The number of carbonyl (C=O) groups is 4. The highest BCUT2D eigenvalue weighted by Gasteiger charge is 2.76. The number of hydrogen-bond acceptors (Lipinski definition) is 5. The quantitative estimate of drug-likeness (QED) is 0.241. The first kappa shape index (κ1) is 25.1. The number of likely N-dealkylation sites (tertiary alicyclic amines) is 2. The first-order chi connectivity index (χ1) is 16.5. The maximum Gasteiger partial charge on any atom is 0.254 e. The number of phenols is 1. The molecule has 1 N–H and O–H groups in total. The highest BCUT2D eigenvalue weighted by molar-refractivity contribution is 9.09. The topological polar surface area (TPSA) is 95.0 Å². The summed E-state index contributed by atoms with van der Waals surface area (Å²) in [6.45, 7) is 2.20. The minimum Gasteiger partial charge on any atom is -0.508 e. The molecular weight excluding hydrogens is 583 g/mol. The second-order valence-electron chi connectivity index (χ2n) is 9.52. The van der Waals surface area contributed by atoms with Crippen LogP contribution in [-0.4, -0.2) is 60.3 Å². The van der Waals surface area contributed by atoms with Gasteiger partial charge in [-0.15, -0.1) is 23.2 Å². The highest BCUT2D eigenvalue weighted by Crippen LogP contribution is 2.66. The van der Waals surface area contributed by atoms with Crippen LogP contribution in [0.4, 0.5) is 0 Å². The standard InChI is InChI=1S/C24H22BrCl3N2O5/c1-2-7-29-19(32)13-5-4-12-15(17(13)20(29)33)9-23(27)21(34)30(10-25)22(35)24(23,28)18(12)14-8-11(26)3-6-16(14)31/h3-4,6,8,13,15,17-18,31H,2,5,7,9-10H2,1H3. The predicted octanol–water partition coefficient (Wildman–Crippen LogP) is 4.17. The van der Waals surface area contributed by atoms with E-state index in [1.54, 1.807) is 0 Å². The SMILES string of the molecule is CCCN1C(=O)C2CC=C3C(CC4(Cl)C(=O)N(CBr)C(=O)C4(Cl)C3c3cc(Cl)ccc3O)C2C1=O. The van der Waals surface area contributed by atoms with Gasteiger partial charge in [0.15, 0.2) is 9.75 Å². The molecule has 2 saturated heterocycles. The lowest BCUT2D eigenvalue weighted by Crippen LogP contribution is -2.60. The van der Waals surface area contributed by atoms with Crippen molar-refractivity contribution in [3.8, 4) is 5.75 Å². The Labute approximate surface area is 225 Å². The van der Waals surface area contributed by atoms with Gasteiger partial charge < -0.3 is 5.11 Å². The first-order valence-corrected chi connectivity index (χ1v) is 13.6. The summed E-state index contributed by atoms with van der Waals surface area (Å²) in [7, 11) is 0. The molecule has 2 aliphatic carbocycles. The Morgan fingerprint density at radius 3 is 2.46 bits per heavy atom. The van der Waals surface area contributed by atoms with Gasteiger partial charge in [0.2, 0.25) is 11.8 Å². The molecule has 1 saturated carbocycles. The summed E-state index contributed by atoms with van der Waals surface area (Å²) in [6, 6.07) is 4.38. The van der Waals surface area contributed by atoms with E-state index in [4.69, 9.17) is 34.8 Å². The van der Waals surface area contributed by atoms with Crippen LogP contribution >= 0.6 is 50.7 Å². The van der Waals surface area contributed by atoms with Gasteiger partial charge in [-0.1, -0.05) is 46.1 Å². The number of hydrogen-bond donors (Lipinski definition) is 1. The molecule has 2 heterocycles. The minimum absolute atomic E-state index is 0.0874. The van der Waals surface area contributed by atoms with E-state index in [-0.39, 0.29) is 41.4 Å². The average molecular weight is 605 g/mol. The van der Waals surface area contributed by atoms with Gasteiger partial charge in [-0.3, -0.25) is 29.0 Å². The third-order valence-electron chi connectivity index (χ3n) is 7.85. The highest BCUT2D eigenvalue weighted by atomic mass is 79.9. The van der Waals surface area contributed by atoms with Gasteiger partial charge in [-0.05, 0) is 43.4 Å². The van der Waals surface area contributed by atoms with Gasteiger partial charge >= 0.3 is 0 Å². The van der Waals surface area contributed by atoms with E-state index in [0.717, 1.165) is 4.90 Å². The largest absolute Gasteiger partial charge is 0.508 e. The average Bonchev–Trinajstić information content (AvgIpc) is 3.14. The Kier molecular flexibility index (Phi) is 6.06. The lowest BCUT2D eigenvalue weighted by atomic mass is 9.56. The van der Waals surface area contributed by atoms with Crippen LogP contribution in [-0.2, 0) is 19.2 Å². The van der Waals surface area contributed by atoms with E-state index in [1.807, 2.05) is 13.0 Å². The number of alkyl halides is 3. The van der Waals surface area contributed by atoms with E-state index < -0.39 is 45.2 Å². The summed E-state index contributed by atoms with van der Waals surface area (Å²) in [5.41, 5.74) is 0.748. The van der Waals surface area contributed by atoms with Crippen molar-refractivity contribution in [3.05, 3.63) is 40.4 Å². The van der Waals surface area contributed by atoms with Crippen LogP contribution in [0, 0.1) is 17.8 Å². The van der Waals surface area contributed by atoms with Crippen molar-refractivity contribution in [3.63, 3.8) is 0 Å². The van der Waals surface area contributed by atoms with Crippen molar-refractivity contribution in [1.29, 1.82) is 0 Å². The van der Waals surface area contributed by atoms with Crippen LogP contribution in [0.25, 0.3) is 0 Å². The van der Waals surface area contributed by atoms with Crippen molar-refractivity contribution in [2.45, 2.75) is 41.9 Å². The summed E-state index contributed by atoms with van der Waals surface area (Å²) in [5.74, 6) is -5.02. The first-order valence-electron chi connectivity index (χ1n) is 11.4. The van der Waals surface area contributed by atoms with Crippen LogP contribution in [0.1, 0.15) is 37.7 Å². The third kappa shape index (κ3) is 3.15. The summed E-state index contributed by atoms with van der Waals surface area (Å²) in [4.78, 5) is 52.0. The van der Waals surface area contributed by atoms with Crippen LogP contribution in [0.15, 0.2) is 29.8 Å². The van der Waals surface area contributed by atoms with Crippen LogP contribution in [0.5, 0.6) is 5.75 Å². The molecule has 0 bridgehead atoms. The smallest absolute Gasteiger partial charge is 0.254 e. The van der Waals surface area contributed by atoms with Gasteiger partial charge in [0, 0.05) is 23.0 Å². The normalized spacial score (nSPS) is 36.3. The van der Waals surface area contributed by atoms with Gasteiger partial charge in [0.05, 0.1) is 17.3 Å². The number of imide groups is 2. The number of allylic oxidation sites excluding steroid dienone is 2. The number of phenolic OH excluding ortho intramolecular Hbond substituents is 1. The molecule has 1 aromatic rings. The number of halogens is 4. The summed E-state index contributed by atoms with van der Waals surface area (Å²) >= 11 is 23.6. The van der Waals surface area contributed by atoms with Crippen LogP contribution < -0.4 is 0 Å². The molecule has 11 heteroatoms. The molecular formula is C24H22BrCl3N2O5. The van der Waals surface area contributed by atoms with E-state index in [0.29, 0.717) is 23.6 Å². The summed E-state index contributed by atoms with van der Waals surface area (Å²) < 4.78 is 0. The molecule has 4 amide bonds. The second-order valence-corrected chi connectivity index (χ2v) is 11.7. The molecule has 7 nitrogen and oxygen atoms in total. The number of fused-ring (bicyclic) bond motifs is 4. The van der Waals surface area contributed by atoms with Gasteiger partial charge in [0.25, 0.3) is 11.8 Å². The number of nitrogens with zero attached hydrogens (tertiary/aromatic N) is 2. The number of aromatic hydroxyl groups is 1. The number of amides is 4. The molecule has 2 aliphatic heterocycles. The zero-order chi connectivity index (χ0) is 25.4. The van der Waals surface area contributed by atoms with Gasteiger partial charge in [-0.25, -0.2) is 0 Å². The van der Waals surface area contributed by atoms with Gasteiger partial charge in [0.1, 0.15) is 5.75 Å². The molecule has 4 aliphatic rings. The Morgan fingerprint density at radius 1 is 1.09 bits per heavy atom. The fourth-order valence-electron chi connectivity index (χ4n) is 6.36. The fourth-order valence-corrected chi connectivity index (χ4v) is 7.96. The van der Waals surface area contributed by atoms with Gasteiger partial charge in [-0.2, -0.15) is 0 Å². The van der Waals surface area contributed by atoms with E-state index in [9.17, 15) is 24.3 Å². The van der Waals surface area contributed by atoms with E-state index >= 15 is 0 Å². The molecule has 6 atom stereocenters. The van der Waals surface area contributed by atoms with Crippen LogP contribution in [0.3, 0.4) is 0 Å². The fraction of sp³-hybridized carbons (Fsp3) is 0.500. The third-order valence-corrected chi connectivity index (χ3v) is 10.0. The van der Waals surface area contributed by atoms with E-state index in [1.165, 1.54) is 23.1 Å². The molecule has 3 fully saturated rings. The lowest BCUT2D eigenvalue weighted by Gasteiger charge is -2.50. The molecule has 6 unspecified atom stereocenters. The molecule has 0 aromatic heterocycles. The number of rotatable bonds is 4. The Balaban J connectivity index is 1.74. The van der Waals surface area contributed by atoms with Crippen molar-refractivity contribution in [1.82, 2.24) is 9.80 Å². The number of benzene rings is 1. The maximum atomic E-state index is 13.6. The Morgan fingerprint density at radius 2 is 1.80 bits per heavy atom. The van der Waals surface area contributed by atoms with Crippen molar-refractivity contribution in [2.24, 2.45) is 17.8 Å². The Hall–Kier alpha value is -1.61. The number of carbonyl (C=O) groups excluding carboxylic acids is 4. The lowest BCUT2D eigenvalue weighted by molar-refractivity contribution is -0.141. The summed E-state index contributed by atoms with van der Waals surface area (Å²) in [5, 5.41) is 11.1. The summed E-state index contributed by atoms with van der Waals surface area (Å²) in [6.07, 6.45) is 2.65. The maximum absolute atomic E-state index is 13.6. The molecule has 0 radical (unpaired) electrons. The minimum atomic E-state index is -1.97. The van der Waals surface area contributed by atoms with Crippen LogP contribution in [0.2, 0.25) is 5.02 Å². The second kappa shape index (κ2) is 8.47. The zero-order valence-electron chi connectivity index (χ0n) is 18.6. The zero-order valence-corrected chi connectivity index (χ0v) is 22.5. The van der Waals surface area contributed by atoms with Crippen molar-refractivity contribution in [2.75, 3.05) is 12.0 Å². The molecule has 186 valence electrons. The molecule has 5 rings (SSSR count). The van der Waals surface area contributed by atoms with Crippen molar-refractivity contribution < 1.29 is 24.3 Å². The monoisotopic (exact) mass is 602 g/mol. The predicted molar refractivity (Wildman–Crippen MR) is 133 cm³/mol. The molecule has 35 heavy (non-hydrogen) atoms. The molecule has 1 aromatic carbocycles. The van der Waals surface area contributed by atoms with E-state index in [2.05, 4.69) is 15.9 Å². The van der Waals surface area contributed by atoms with Crippen molar-refractivity contribution >= 4 is 74.4 Å².